The molecule has 0 unspecified atom stereocenters. The van der Waals surface area contributed by atoms with Crippen molar-refractivity contribution < 1.29 is 23.9 Å². The van der Waals surface area contributed by atoms with Gasteiger partial charge in [0.15, 0.2) is 0 Å². The zero-order chi connectivity index (χ0) is 27.6. The van der Waals surface area contributed by atoms with Crippen molar-refractivity contribution >= 4 is 34.4 Å². The summed E-state index contributed by atoms with van der Waals surface area (Å²) in [6.07, 6.45) is 6.82. The molecule has 2 aliphatic rings. The number of carboxylic acids is 1. The van der Waals surface area contributed by atoms with Crippen LogP contribution in [0.25, 0.3) is 22.0 Å². The van der Waals surface area contributed by atoms with E-state index in [4.69, 9.17) is 10.8 Å². The molecule has 1 saturated carbocycles. The summed E-state index contributed by atoms with van der Waals surface area (Å²) in [5, 5.41) is 12.0. The average molecular weight is 523 g/mol. The van der Waals surface area contributed by atoms with E-state index in [1.807, 2.05) is 12.1 Å². The Hall–Kier alpha value is -3.72. The first kappa shape index (κ1) is 27.3. The summed E-state index contributed by atoms with van der Waals surface area (Å²) in [5.41, 5.74) is 14.6. The second-order valence-electron chi connectivity index (χ2n) is 10.9. The number of nitrogens with one attached hydrogen (secondary N) is 1. The van der Waals surface area contributed by atoms with E-state index in [0.29, 0.717) is 30.0 Å². The van der Waals surface area contributed by atoms with Crippen LogP contribution in [0.5, 0.6) is 0 Å². The van der Waals surface area contributed by atoms with Gasteiger partial charge in [-0.3, -0.25) is 19.0 Å². The van der Waals surface area contributed by atoms with E-state index >= 15 is 0 Å². The highest BCUT2D eigenvalue weighted by molar-refractivity contribution is 6.06. The molecular formula is C29H35FN4O4. The maximum Gasteiger partial charge on any atom is 0.317 e. The summed E-state index contributed by atoms with van der Waals surface area (Å²) < 4.78 is 15.9. The molecular weight excluding hydrogens is 487 g/mol. The van der Waals surface area contributed by atoms with Gasteiger partial charge in [-0.15, -0.1) is 0 Å². The monoisotopic (exact) mass is 522 g/mol. The second kappa shape index (κ2) is 10.9. The third kappa shape index (κ3) is 5.72. The highest BCUT2D eigenvalue weighted by Crippen LogP contribution is 2.43. The molecule has 0 atom stereocenters. The van der Waals surface area contributed by atoms with Crippen LogP contribution in [0.1, 0.15) is 73.2 Å². The van der Waals surface area contributed by atoms with E-state index in [-0.39, 0.29) is 23.7 Å². The molecule has 2 aromatic carbocycles. The molecule has 1 fully saturated rings. The molecule has 3 aromatic rings. The lowest BCUT2D eigenvalue weighted by atomic mass is 9.80. The molecule has 1 aromatic heterocycles. The number of rotatable bonds is 5. The van der Waals surface area contributed by atoms with Gasteiger partial charge in [0.25, 0.3) is 5.91 Å². The minimum atomic E-state index is -0.968. The number of aliphatic carboxylic acids is 1. The van der Waals surface area contributed by atoms with Crippen LogP contribution in [0.15, 0.2) is 36.4 Å². The van der Waals surface area contributed by atoms with E-state index in [1.165, 1.54) is 31.4 Å². The predicted octanol–water partition coefficient (Wildman–Crippen LogP) is 4.93. The normalized spacial score (nSPS) is 16.9. The Kier molecular flexibility index (Phi) is 7.87. The van der Waals surface area contributed by atoms with E-state index in [2.05, 4.69) is 24.9 Å². The molecule has 1 amide bonds. The van der Waals surface area contributed by atoms with Crippen LogP contribution in [-0.2, 0) is 11.2 Å². The van der Waals surface area contributed by atoms with Crippen LogP contribution in [0, 0.1) is 11.2 Å². The summed E-state index contributed by atoms with van der Waals surface area (Å²) in [6.45, 7) is 3.89. The fourth-order valence-corrected chi connectivity index (χ4v) is 5.59. The highest BCUT2D eigenvalue weighted by atomic mass is 19.1. The number of amides is 1. The van der Waals surface area contributed by atoms with Crippen LogP contribution in [0.2, 0.25) is 0 Å². The van der Waals surface area contributed by atoms with Gasteiger partial charge in [-0.05, 0) is 60.6 Å². The van der Waals surface area contributed by atoms with E-state index in [0.717, 1.165) is 40.7 Å². The Bertz CT molecular complexity index is 1390. The average Bonchev–Trinajstić information content (AvgIpc) is 3.17. The lowest BCUT2D eigenvalue weighted by Crippen LogP contribution is -2.31. The predicted molar refractivity (Wildman–Crippen MR) is 146 cm³/mol. The minimum Gasteiger partial charge on any atom is -0.480 e. The molecule has 8 nitrogen and oxygen atoms in total. The number of primary amides is 1. The number of hydrogen-bond acceptors (Lipinski definition) is 5. The van der Waals surface area contributed by atoms with Crippen molar-refractivity contribution in [3.8, 4) is 11.1 Å². The molecule has 2 heterocycles. The molecule has 202 valence electrons. The number of halogens is 1. The highest BCUT2D eigenvalue weighted by Gasteiger charge is 2.35. The summed E-state index contributed by atoms with van der Waals surface area (Å²) in [7, 11) is 0. The van der Waals surface area contributed by atoms with Crippen LogP contribution in [-0.4, -0.2) is 40.0 Å². The first-order valence-electron chi connectivity index (χ1n) is 13.0. The Labute approximate surface area is 221 Å². The minimum absolute atomic E-state index is 0.0163. The molecule has 0 spiro atoms. The second-order valence-corrected chi connectivity index (χ2v) is 10.9. The molecule has 0 saturated heterocycles. The van der Waals surface area contributed by atoms with Gasteiger partial charge in [0.1, 0.15) is 5.82 Å². The number of nitrogens with zero attached hydrogens (tertiary/aromatic N) is 1. The van der Waals surface area contributed by atoms with Gasteiger partial charge < -0.3 is 21.9 Å². The van der Waals surface area contributed by atoms with Gasteiger partial charge in [0, 0.05) is 34.8 Å². The van der Waals surface area contributed by atoms with Crippen molar-refractivity contribution in [2.75, 3.05) is 11.9 Å². The van der Waals surface area contributed by atoms with Crippen molar-refractivity contribution in [3.05, 3.63) is 53.5 Å². The third-order valence-electron chi connectivity index (χ3n) is 7.27. The maximum absolute atomic E-state index is 14.2. The number of carbonyl (C=O) groups excluding carboxylic acids is 2. The Morgan fingerprint density at radius 3 is 2.42 bits per heavy atom. The number of aromatic nitrogens is 1. The van der Waals surface area contributed by atoms with Crippen molar-refractivity contribution in [1.82, 2.24) is 4.57 Å². The van der Waals surface area contributed by atoms with E-state index in [9.17, 15) is 18.8 Å². The van der Waals surface area contributed by atoms with Crippen LogP contribution in [0.3, 0.4) is 0 Å². The standard InChI is InChI=1S/C27H30FN3O2.C2H5NO2/c1-27(2)14-23-25(20-11-9-17(28)13-22(20)31(23)24(32)15-27)16-8-10-19(26(29)33)21(12-16)30-18-6-4-3-5-7-18;3-1-2(4)5/h8-13,18,30H,3-7,14-15H2,1-2H3,(H2,29,33);1,3H2,(H,4,5). The molecule has 0 bridgehead atoms. The van der Waals surface area contributed by atoms with Gasteiger partial charge in [0.2, 0.25) is 5.91 Å². The van der Waals surface area contributed by atoms with Crippen LogP contribution >= 0.6 is 0 Å². The summed E-state index contributed by atoms with van der Waals surface area (Å²) in [4.78, 5) is 34.5. The number of carbonyl (C=O) groups is 3. The first-order chi connectivity index (χ1) is 18.0. The Morgan fingerprint density at radius 1 is 1.11 bits per heavy atom. The molecule has 38 heavy (non-hydrogen) atoms. The van der Waals surface area contributed by atoms with Gasteiger partial charge in [-0.1, -0.05) is 39.2 Å². The smallest absolute Gasteiger partial charge is 0.317 e. The van der Waals surface area contributed by atoms with Crippen molar-refractivity contribution in [1.29, 1.82) is 0 Å². The number of benzene rings is 2. The number of carboxylic acid groups (broad SMARTS) is 1. The molecule has 0 radical (unpaired) electrons. The first-order valence-corrected chi connectivity index (χ1v) is 13.0. The SMILES string of the molecule is CC1(C)CC(=O)n2c(c(-c3ccc(C(N)=O)c(NC4CCCCC4)c3)c3ccc(F)cc32)C1.NCC(=O)O. The molecule has 1 aliphatic heterocycles. The third-order valence-corrected chi connectivity index (χ3v) is 7.27. The summed E-state index contributed by atoms with van der Waals surface area (Å²) in [6, 6.07) is 10.6. The molecule has 1 aliphatic carbocycles. The lowest BCUT2D eigenvalue weighted by molar-refractivity contribution is -0.135. The van der Waals surface area contributed by atoms with Gasteiger partial charge in [-0.25, -0.2) is 4.39 Å². The molecule has 9 heteroatoms. The van der Waals surface area contributed by atoms with Gasteiger partial charge in [0.05, 0.1) is 17.6 Å². The van der Waals surface area contributed by atoms with Gasteiger partial charge >= 0.3 is 5.97 Å². The van der Waals surface area contributed by atoms with Crippen molar-refractivity contribution in [3.63, 3.8) is 0 Å². The summed E-state index contributed by atoms with van der Waals surface area (Å²) in [5.74, 6) is -1.82. The van der Waals surface area contributed by atoms with E-state index < -0.39 is 11.9 Å². The number of hydrogen-bond donors (Lipinski definition) is 4. The molecule has 6 N–H and O–H groups in total. The summed E-state index contributed by atoms with van der Waals surface area (Å²) >= 11 is 0. The lowest BCUT2D eigenvalue weighted by Gasteiger charge is -2.30. The zero-order valence-electron chi connectivity index (χ0n) is 21.9. The fraction of sp³-hybridized carbons (Fsp3) is 0.414. The fourth-order valence-electron chi connectivity index (χ4n) is 5.59. The number of fused-ring (bicyclic) bond motifs is 3. The van der Waals surface area contributed by atoms with Crippen LogP contribution < -0.4 is 16.8 Å². The van der Waals surface area contributed by atoms with Crippen molar-refractivity contribution in [2.45, 2.75) is 64.8 Å². The zero-order valence-corrected chi connectivity index (χ0v) is 21.9. The quantitative estimate of drug-likeness (QED) is 0.374. The van der Waals surface area contributed by atoms with Crippen LogP contribution in [0.4, 0.5) is 10.1 Å². The Morgan fingerprint density at radius 2 is 1.79 bits per heavy atom. The topological polar surface area (TPSA) is 140 Å². The maximum atomic E-state index is 14.2. The van der Waals surface area contributed by atoms with E-state index in [1.54, 1.807) is 16.7 Å². The van der Waals surface area contributed by atoms with Crippen molar-refractivity contribution in [2.24, 2.45) is 16.9 Å². The number of anilines is 1. The largest absolute Gasteiger partial charge is 0.480 e. The molecule has 5 rings (SSSR count). The Balaban J connectivity index is 0.000000617. The number of nitrogens with two attached hydrogens (primary N) is 2. The van der Waals surface area contributed by atoms with Gasteiger partial charge in [-0.2, -0.15) is 0 Å².